The second-order valence-corrected chi connectivity index (χ2v) is 9.86. The van der Waals surface area contributed by atoms with Gasteiger partial charge in [0.1, 0.15) is 5.52 Å². The van der Waals surface area contributed by atoms with Gasteiger partial charge in [0.25, 0.3) is 15.6 Å². The number of rotatable bonds is 6. The number of aromatic nitrogens is 2. The Bertz CT molecular complexity index is 1370. The lowest BCUT2D eigenvalue weighted by Gasteiger charge is -2.16. The minimum Gasteiger partial charge on any atom is -0.313 e. The standard InChI is InChI=1S/C25H26N2O3S/c1-4-5-15-26-17-23(20-10-6-18(2)7-11-20)22-14-16-27(24(22)25(26)28)31(29,30)21-12-8-19(3)9-13-21/h4,6,8-14,16-18H,1,5,7,15H2,2-3H3. The topological polar surface area (TPSA) is 61.1 Å². The molecule has 5 nitrogen and oxygen atoms in total. The van der Waals surface area contributed by atoms with E-state index < -0.39 is 10.0 Å². The van der Waals surface area contributed by atoms with Gasteiger partial charge in [0, 0.05) is 29.9 Å². The lowest BCUT2D eigenvalue weighted by atomic mass is 9.93. The van der Waals surface area contributed by atoms with Gasteiger partial charge in [-0.25, -0.2) is 12.4 Å². The van der Waals surface area contributed by atoms with Gasteiger partial charge in [-0.2, -0.15) is 0 Å². The molecule has 1 aliphatic carbocycles. The molecule has 0 aliphatic heterocycles. The van der Waals surface area contributed by atoms with Crippen LogP contribution in [0.2, 0.25) is 0 Å². The molecular weight excluding hydrogens is 408 g/mol. The molecule has 1 unspecified atom stereocenters. The monoisotopic (exact) mass is 434 g/mol. The molecule has 2 heterocycles. The van der Waals surface area contributed by atoms with E-state index in [1.54, 1.807) is 41.0 Å². The number of hydrogen-bond donors (Lipinski definition) is 0. The fourth-order valence-electron chi connectivity index (χ4n) is 3.84. The van der Waals surface area contributed by atoms with Crippen LogP contribution in [0.1, 0.15) is 30.9 Å². The smallest absolute Gasteiger partial charge is 0.276 e. The maximum atomic E-state index is 13.4. The maximum absolute atomic E-state index is 13.4. The summed E-state index contributed by atoms with van der Waals surface area (Å²) in [5.41, 5.74) is 2.68. The van der Waals surface area contributed by atoms with Crippen molar-refractivity contribution in [1.29, 1.82) is 0 Å². The van der Waals surface area contributed by atoms with Crippen molar-refractivity contribution in [3.05, 3.63) is 95.1 Å². The Morgan fingerprint density at radius 1 is 1.19 bits per heavy atom. The highest BCUT2D eigenvalue weighted by molar-refractivity contribution is 7.90. The van der Waals surface area contributed by atoms with E-state index in [0.29, 0.717) is 24.3 Å². The van der Waals surface area contributed by atoms with Gasteiger partial charge >= 0.3 is 0 Å². The molecule has 1 aromatic carbocycles. The normalized spacial score (nSPS) is 16.5. The molecular formula is C25H26N2O3S. The van der Waals surface area contributed by atoms with Gasteiger partial charge < -0.3 is 4.57 Å². The lowest BCUT2D eigenvalue weighted by Crippen LogP contribution is -2.25. The highest BCUT2D eigenvalue weighted by atomic mass is 32.2. The molecule has 6 heteroatoms. The first-order valence-corrected chi connectivity index (χ1v) is 11.8. The fourth-order valence-corrected chi connectivity index (χ4v) is 5.18. The van der Waals surface area contributed by atoms with Crippen LogP contribution in [0.3, 0.4) is 0 Å². The molecule has 1 aliphatic rings. The van der Waals surface area contributed by atoms with Crippen molar-refractivity contribution in [1.82, 2.24) is 8.54 Å². The molecule has 0 bridgehead atoms. The Kier molecular flexibility index (Phi) is 5.58. The van der Waals surface area contributed by atoms with Crippen molar-refractivity contribution in [2.45, 2.75) is 38.1 Å². The molecule has 1 atom stereocenters. The summed E-state index contributed by atoms with van der Waals surface area (Å²) < 4.78 is 29.5. The highest BCUT2D eigenvalue weighted by Crippen LogP contribution is 2.30. The summed E-state index contributed by atoms with van der Waals surface area (Å²) in [6.45, 7) is 8.23. The van der Waals surface area contributed by atoms with Gasteiger partial charge in [-0.05, 0) is 49.5 Å². The third-order valence-corrected chi connectivity index (χ3v) is 7.36. The van der Waals surface area contributed by atoms with Crippen LogP contribution < -0.4 is 5.56 Å². The molecule has 0 fully saturated rings. The predicted molar refractivity (Wildman–Crippen MR) is 126 cm³/mol. The zero-order valence-corrected chi connectivity index (χ0v) is 18.6. The Morgan fingerprint density at radius 3 is 2.58 bits per heavy atom. The summed E-state index contributed by atoms with van der Waals surface area (Å²) in [5, 5.41) is 0.640. The van der Waals surface area contributed by atoms with Gasteiger partial charge in [0.15, 0.2) is 0 Å². The van der Waals surface area contributed by atoms with Crippen LogP contribution in [0.15, 0.2) is 83.3 Å². The van der Waals surface area contributed by atoms with E-state index in [4.69, 9.17) is 0 Å². The van der Waals surface area contributed by atoms with E-state index in [2.05, 4.69) is 31.7 Å². The number of aryl methyl sites for hydroxylation is 2. The highest BCUT2D eigenvalue weighted by Gasteiger charge is 2.23. The lowest BCUT2D eigenvalue weighted by molar-refractivity contribution is 0.588. The van der Waals surface area contributed by atoms with Crippen LogP contribution in [0.4, 0.5) is 0 Å². The summed E-state index contributed by atoms with van der Waals surface area (Å²) in [6.07, 6.45) is 12.9. The quantitative estimate of drug-likeness (QED) is 0.518. The number of benzene rings is 1. The molecule has 0 saturated carbocycles. The van der Waals surface area contributed by atoms with Crippen LogP contribution >= 0.6 is 0 Å². The van der Waals surface area contributed by atoms with Crippen LogP contribution in [-0.2, 0) is 16.6 Å². The van der Waals surface area contributed by atoms with Crippen molar-refractivity contribution in [3.63, 3.8) is 0 Å². The van der Waals surface area contributed by atoms with Crippen molar-refractivity contribution in [3.8, 4) is 0 Å². The molecule has 31 heavy (non-hydrogen) atoms. The summed E-state index contributed by atoms with van der Waals surface area (Å²) >= 11 is 0. The van der Waals surface area contributed by atoms with Crippen LogP contribution in [-0.4, -0.2) is 17.0 Å². The number of fused-ring (bicyclic) bond motifs is 1. The van der Waals surface area contributed by atoms with E-state index in [0.717, 1.165) is 27.1 Å². The molecule has 0 saturated heterocycles. The summed E-state index contributed by atoms with van der Waals surface area (Å²) in [7, 11) is -3.91. The van der Waals surface area contributed by atoms with Crippen LogP contribution in [0.25, 0.3) is 16.5 Å². The first-order valence-electron chi connectivity index (χ1n) is 10.4. The van der Waals surface area contributed by atoms with Gasteiger partial charge in [-0.3, -0.25) is 4.79 Å². The van der Waals surface area contributed by atoms with Crippen LogP contribution in [0.5, 0.6) is 0 Å². The SMILES string of the molecule is C=CCCn1cc(C2=CCC(C)C=C2)c2ccn(S(=O)(=O)c3ccc(C)cc3)c2c1=O. The molecule has 0 N–H and O–H groups in total. The Morgan fingerprint density at radius 2 is 1.94 bits per heavy atom. The molecule has 4 rings (SSSR count). The third kappa shape index (κ3) is 3.83. The van der Waals surface area contributed by atoms with Gasteiger partial charge in [-0.1, -0.05) is 48.9 Å². The van der Waals surface area contributed by atoms with Gasteiger partial charge in [0.05, 0.1) is 4.90 Å². The minimum absolute atomic E-state index is 0.156. The van der Waals surface area contributed by atoms with E-state index in [1.165, 1.54) is 6.20 Å². The third-order valence-electron chi connectivity index (χ3n) is 5.67. The number of hydrogen-bond acceptors (Lipinski definition) is 3. The molecule has 160 valence electrons. The van der Waals surface area contributed by atoms with Crippen LogP contribution in [0, 0.1) is 12.8 Å². The first-order chi connectivity index (χ1) is 14.8. The molecule has 0 radical (unpaired) electrons. The molecule has 3 aromatic rings. The summed E-state index contributed by atoms with van der Waals surface area (Å²) in [5.74, 6) is 0.456. The molecule has 0 amide bonds. The van der Waals surface area contributed by atoms with Crippen molar-refractivity contribution in [2.75, 3.05) is 0 Å². The molecule has 2 aromatic heterocycles. The van der Waals surface area contributed by atoms with Crippen molar-refractivity contribution in [2.24, 2.45) is 5.92 Å². The maximum Gasteiger partial charge on any atom is 0.276 e. The molecule has 0 spiro atoms. The second kappa shape index (κ2) is 8.19. The minimum atomic E-state index is -3.91. The largest absolute Gasteiger partial charge is 0.313 e. The number of allylic oxidation sites excluding steroid dienone is 5. The van der Waals surface area contributed by atoms with E-state index >= 15 is 0 Å². The van der Waals surface area contributed by atoms with Gasteiger partial charge in [0.2, 0.25) is 0 Å². The van der Waals surface area contributed by atoms with Crippen molar-refractivity contribution < 1.29 is 8.42 Å². The van der Waals surface area contributed by atoms with E-state index in [-0.39, 0.29) is 16.0 Å². The Hall–Kier alpha value is -3.12. The summed E-state index contributed by atoms with van der Waals surface area (Å²) in [4.78, 5) is 13.5. The number of pyridine rings is 1. The Labute approximate surface area is 182 Å². The zero-order valence-electron chi connectivity index (χ0n) is 17.8. The first kappa shape index (κ1) is 21.1. The average Bonchev–Trinajstić information content (AvgIpc) is 3.21. The Balaban J connectivity index is 1.98. The average molecular weight is 435 g/mol. The fraction of sp³-hybridized carbons (Fsp3) is 0.240. The van der Waals surface area contributed by atoms with Gasteiger partial charge in [-0.15, -0.1) is 6.58 Å². The zero-order chi connectivity index (χ0) is 22.2. The predicted octanol–water partition coefficient (Wildman–Crippen LogP) is 4.90. The van der Waals surface area contributed by atoms with E-state index in [1.807, 2.05) is 13.1 Å². The number of nitrogens with zero attached hydrogens (tertiary/aromatic N) is 2. The summed E-state index contributed by atoms with van der Waals surface area (Å²) in [6, 6.07) is 8.38. The second-order valence-electron chi connectivity index (χ2n) is 8.04. The van der Waals surface area contributed by atoms with E-state index in [9.17, 15) is 13.2 Å². The van der Waals surface area contributed by atoms with Crippen molar-refractivity contribution >= 4 is 26.5 Å².